The zero-order chi connectivity index (χ0) is 22.2. The second-order valence-electron chi connectivity index (χ2n) is 7.88. The first-order valence-corrected chi connectivity index (χ1v) is 11.6. The van der Waals surface area contributed by atoms with E-state index in [1.807, 2.05) is 0 Å². The van der Waals surface area contributed by atoms with Gasteiger partial charge < -0.3 is 10.3 Å². The number of fused-ring (bicyclic) bond motifs is 1. The van der Waals surface area contributed by atoms with E-state index in [2.05, 4.69) is 21.5 Å². The predicted octanol–water partition coefficient (Wildman–Crippen LogP) is 2.97. The van der Waals surface area contributed by atoms with Crippen molar-refractivity contribution in [1.82, 2.24) is 19.1 Å². The highest BCUT2D eigenvalue weighted by molar-refractivity contribution is 7.89. The van der Waals surface area contributed by atoms with Crippen LogP contribution in [0.4, 0.5) is 11.5 Å². The number of aromatic amines is 1. The molecule has 2 heterocycles. The summed E-state index contributed by atoms with van der Waals surface area (Å²) in [4.78, 5) is 15.5. The van der Waals surface area contributed by atoms with E-state index in [0.717, 1.165) is 30.0 Å². The molecule has 2 atom stereocenters. The number of nitriles is 1. The fourth-order valence-corrected chi connectivity index (χ4v) is 4.95. The first-order chi connectivity index (χ1) is 14.8. The van der Waals surface area contributed by atoms with Crippen LogP contribution in [0.25, 0.3) is 10.9 Å². The normalized spacial score (nSPS) is 19.4. The molecule has 1 saturated carbocycles. The summed E-state index contributed by atoms with van der Waals surface area (Å²) in [6.07, 6.45) is 5.26. The number of rotatable bonds is 5. The van der Waals surface area contributed by atoms with E-state index in [0.29, 0.717) is 22.4 Å². The summed E-state index contributed by atoms with van der Waals surface area (Å²) < 4.78 is 27.5. The highest BCUT2D eigenvalue weighted by Crippen LogP contribution is 2.36. The summed E-state index contributed by atoms with van der Waals surface area (Å²) in [7, 11) is -0.570. The molecule has 1 fully saturated rings. The van der Waals surface area contributed by atoms with Gasteiger partial charge in [-0.1, -0.05) is 12.8 Å². The quantitative estimate of drug-likeness (QED) is 0.629. The van der Waals surface area contributed by atoms with Crippen LogP contribution < -0.4 is 10.9 Å². The van der Waals surface area contributed by atoms with Crippen LogP contribution in [0.15, 0.2) is 46.2 Å². The zero-order valence-corrected chi connectivity index (χ0v) is 18.2. The molecule has 2 unspecified atom stereocenters. The molecule has 1 aromatic carbocycles. The van der Waals surface area contributed by atoms with Crippen LogP contribution in [0.5, 0.6) is 0 Å². The Labute approximate surface area is 180 Å². The minimum absolute atomic E-state index is 0.0915. The van der Waals surface area contributed by atoms with Crippen molar-refractivity contribution in [1.29, 1.82) is 5.26 Å². The molecule has 0 aliphatic heterocycles. The lowest BCUT2D eigenvalue weighted by atomic mass is 9.85. The van der Waals surface area contributed by atoms with Crippen LogP contribution in [0.1, 0.15) is 31.7 Å². The lowest BCUT2D eigenvalue weighted by molar-refractivity contribution is 0.277. The van der Waals surface area contributed by atoms with Crippen molar-refractivity contribution in [3.63, 3.8) is 0 Å². The maximum Gasteiger partial charge on any atom is 0.261 e. The third kappa shape index (κ3) is 3.82. The minimum atomic E-state index is -3.53. The summed E-state index contributed by atoms with van der Waals surface area (Å²) in [6, 6.07) is 10.4. The Kier molecular flexibility index (Phi) is 5.56. The molecule has 9 nitrogen and oxygen atoms in total. The Hall–Kier alpha value is -3.16. The van der Waals surface area contributed by atoms with E-state index in [-0.39, 0.29) is 22.4 Å². The fourth-order valence-electron chi connectivity index (χ4n) is 4.05. The number of pyridine rings is 1. The maximum absolute atomic E-state index is 12.6. The number of nitrogens with one attached hydrogen (secondary N) is 2. The number of sulfonamides is 1. The van der Waals surface area contributed by atoms with Crippen LogP contribution in [-0.2, 0) is 10.0 Å². The Balaban J connectivity index is 1.74. The van der Waals surface area contributed by atoms with E-state index < -0.39 is 10.0 Å². The number of aromatic nitrogens is 3. The van der Waals surface area contributed by atoms with Gasteiger partial charge in [0.15, 0.2) is 5.82 Å². The fraction of sp³-hybridized carbons (Fsp3) is 0.381. The van der Waals surface area contributed by atoms with Gasteiger partial charge in [-0.15, -0.1) is 0 Å². The molecule has 0 radical (unpaired) electrons. The van der Waals surface area contributed by atoms with E-state index in [4.69, 9.17) is 0 Å². The van der Waals surface area contributed by atoms with Crippen LogP contribution in [0.3, 0.4) is 0 Å². The topological polar surface area (TPSA) is 124 Å². The van der Waals surface area contributed by atoms with Crippen molar-refractivity contribution in [3.05, 3.63) is 46.9 Å². The van der Waals surface area contributed by atoms with Gasteiger partial charge in [0.1, 0.15) is 5.39 Å². The molecular weight excluding hydrogens is 416 g/mol. The third-order valence-corrected chi connectivity index (χ3v) is 7.56. The molecule has 162 valence electrons. The van der Waals surface area contributed by atoms with Crippen LogP contribution in [0.2, 0.25) is 0 Å². The van der Waals surface area contributed by atoms with E-state index in [9.17, 15) is 18.5 Å². The van der Waals surface area contributed by atoms with Crippen molar-refractivity contribution < 1.29 is 8.42 Å². The summed E-state index contributed by atoms with van der Waals surface area (Å²) >= 11 is 0. The SMILES string of the molecule is CN(C)S(=O)(=O)c1ccc(Nc2nn(C3CCCCC3C#N)c3cc[nH]c(=O)c23)cc1. The van der Waals surface area contributed by atoms with Crippen LogP contribution >= 0.6 is 0 Å². The molecule has 2 aromatic heterocycles. The smallest absolute Gasteiger partial charge is 0.261 e. The summed E-state index contributed by atoms with van der Waals surface area (Å²) in [5, 5.41) is 17.8. The largest absolute Gasteiger partial charge is 0.338 e. The highest BCUT2D eigenvalue weighted by Gasteiger charge is 2.29. The molecule has 4 rings (SSSR count). The monoisotopic (exact) mass is 440 g/mol. The van der Waals surface area contributed by atoms with Gasteiger partial charge in [0.05, 0.1) is 28.4 Å². The van der Waals surface area contributed by atoms with E-state index in [1.165, 1.54) is 26.2 Å². The van der Waals surface area contributed by atoms with Gasteiger partial charge in [0.2, 0.25) is 10.0 Å². The van der Waals surface area contributed by atoms with Gasteiger partial charge in [-0.05, 0) is 43.2 Å². The lowest BCUT2D eigenvalue weighted by Gasteiger charge is -2.27. The standard InChI is InChI=1S/C21H24N6O3S/c1-26(2)31(29,30)16-9-7-15(8-10-16)24-20-19-18(11-12-23-21(19)28)27(25-20)17-6-4-3-5-14(17)13-22/h7-12,14,17H,3-6H2,1-2H3,(H,23,28)(H,24,25). The van der Waals surface area contributed by atoms with Crippen LogP contribution in [-0.4, -0.2) is 41.6 Å². The van der Waals surface area contributed by atoms with Gasteiger partial charge in [-0.25, -0.2) is 12.7 Å². The van der Waals surface area contributed by atoms with Crippen molar-refractivity contribution in [2.75, 3.05) is 19.4 Å². The maximum atomic E-state index is 12.6. The second-order valence-corrected chi connectivity index (χ2v) is 10.0. The number of benzene rings is 1. The predicted molar refractivity (Wildman–Crippen MR) is 118 cm³/mol. The number of hydrogen-bond donors (Lipinski definition) is 2. The Bertz CT molecular complexity index is 1300. The lowest BCUT2D eigenvalue weighted by Crippen LogP contribution is -2.23. The second kappa shape index (κ2) is 8.17. The van der Waals surface area contributed by atoms with Crippen molar-refractivity contribution >= 4 is 32.4 Å². The van der Waals surface area contributed by atoms with Crippen molar-refractivity contribution in [2.24, 2.45) is 5.92 Å². The van der Waals surface area contributed by atoms with Gasteiger partial charge >= 0.3 is 0 Å². The van der Waals surface area contributed by atoms with Crippen LogP contribution in [0, 0.1) is 17.2 Å². The zero-order valence-electron chi connectivity index (χ0n) is 17.4. The van der Waals surface area contributed by atoms with Crippen molar-refractivity contribution in [3.8, 4) is 6.07 Å². The minimum Gasteiger partial charge on any atom is -0.338 e. The third-order valence-electron chi connectivity index (χ3n) is 5.74. The Morgan fingerprint density at radius 1 is 1.19 bits per heavy atom. The molecule has 1 aliphatic carbocycles. The van der Waals surface area contributed by atoms with Gasteiger partial charge in [-0.2, -0.15) is 10.4 Å². The molecule has 10 heteroatoms. The summed E-state index contributed by atoms with van der Waals surface area (Å²) in [5.74, 6) is 0.224. The first-order valence-electron chi connectivity index (χ1n) is 10.1. The van der Waals surface area contributed by atoms with E-state index >= 15 is 0 Å². The molecule has 3 aromatic rings. The number of H-pyrrole nitrogens is 1. The molecule has 31 heavy (non-hydrogen) atoms. The molecule has 1 aliphatic rings. The highest BCUT2D eigenvalue weighted by atomic mass is 32.2. The number of anilines is 2. The average Bonchev–Trinajstić information content (AvgIpc) is 3.13. The molecule has 0 spiro atoms. The van der Waals surface area contributed by atoms with Gasteiger partial charge in [-0.3, -0.25) is 9.48 Å². The number of nitrogens with zero attached hydrogens (tertiary/aromatic N) is 4. The molecule has 0 amide bonds. The molecular formula is C21H24N6O3S. The van der Waals surface area contributed by atoms with Gasteiger partial charge in [0, 0.05) is 26.0 Å². The molecule has 2 N–H and O–H groups in total. The summed E-state index contributed by atoms with van der Waals surface area (Å²) in [5.41, 5.74) is 1.00. The molecule has 0 saturated heterocycles. The van der Waals surface area contributed by atoms with E-state index in [1.54, 1.807) is 29.1 Å². The molecule has 0 bridgehead atoms. The Morgan fingerprint density at radius 3 is 2.58 bits per heavy atom. The van der Waals surface area contributed by atoms with Crippen molar-refractivity contribution in [2.45, 2.75) is 36.6 Å². The Morgan fingerprint density at radius 2 is 1.90 bits per heavy atom. The first kappa shape index (κ1) is 21.1. The van der Waals surface area contributed by atoms with Gasteiger partial charge in [0.25, 0.3) is 5.56 Å². The summed E-state index contributed by atoms with van der Waals surface area (Å²) in [6.45, 7) is 0. The number of hydrogen-bond acceptors (Lipinski definition) is 6. The average molecular weight is 441 g/mol.